The molecule has 4 nitrogen and oxygen atoms in total. The summed E-state index contributed by atoms with van der Waals surface area (Å²) < 4.78 is 13.7. The van der Waals surface area contributed by atoms with Crippen LogP contribution in [0, 0.1) is 11.7 Å². The predicted octanol–water partition coefficient (Wildman–Crippen LogP) is 4.07. The molecular weight excluding hydrogens is 466 g/mol. The van der Waals surface area contributed by atoms with Gasteiger partial charge in [-0.15, -0.1) is 24.0 Å². The highest BCUT2D eigenvalue weighted by atomic mass is 127. The van der Waals surface area contributed by atoms with E-state index in [2.05, 4.69) is 52.8 Å². The number of nitrogens with zero attached hydrogens (tertiary/aromatic N) is 2. The summed E-state index contributed by atoms with van der Waals surface area (Å²) in [6.07, 6.45) is 1.80. The zero-order valence-corrected chi connectivity index (χ0v) is 18.7. The monoisotopic (exact) mass is 496 g/mol. The van der Waals surface area contributed by atoms with Crippen LogP contribution in [0.1, 0.15) is 18.9 Å². The van der Waals surface area contributed by atoms with Crippen LogP contribution in [-0.4, -0.2) is 38.7 Å². The van der Waals surface area contributed by atoms with Gasteiger partial charge in [0, 0.05) is 38.4 Å². The maximum atomic E-state index is 13.7. The minimum absolute atomic E-state index is 0. The molecule has 1 aliphatic heterocycles. The lowest BCUT2D eigenvalue weighted by Gasteiger charge is -2.18. The Morgan fingerprint density at radius 1 is 1.11 bits per heavy atom. The van der Waals surface area contributed by atoms with Crippen LogP contribution in [0.4, 0.5) is 10.1 Å². The van der Waals surface area contributed by atoms with Crippen molar-refractivity contribution in [2.75, 3.05) is 37.6 Å². The first-order valence-electron chi connectivity index (χ1n) is 9.82. The van der Waals surface area contributed by atoms with E-state index in [1.54, 1.807) is 6.07 Å². The van der Waals surface area contributed by atoms with Gasteiger partial charge in [-0.1, -0.05) is 36.4 Å². The largest absolute Gasteiger partial charge is 0.371 e. The van der Waals surface area contributed by atoms with Crippen molar-refractivity contribution in [1.82, 2.24) is 10.6 Å². The van der Waals surface area contributed by atoms with Gasteiger partial charge in [-0.25, -0.2) is 4.39 Å². The van der Waals surface area contributed by atoms with Crippen molar-refractivity contribution in [2.24, 2.45) is 10.9 Å². The van der Waals surface area contributed by atoms with E-state index in [9.17, 15) is 4.39 Å². The Bertz CT molecular complexity index is 738. The fraction of sp³-hybridized carbons (Fsp3) is 0.409. The smallest absolute Gasteiger partial charge is 0.191 e. The fourth-order valence-electron chi connectivity index (χ4n) is 3.43. The molecule has 0 saturated carbocycles. The number of aliphatic imine (C=N–C) groups is 1. The Balaban J connectivity index is 0.00000280. The van der Waals surface area contributed by atoms with Gasteiger partial charge in [0.05, 0.1) is 0 Å². The number of anilines is 1. The molecule has 3 rings (SSSR count). The molecule has 0 aromatic heterocycles. The summed E-state index contributed by atoms with van der Waals surface area (Å²) in [5.74, 6) is 1.23. The molecule has 2 aromatic carbocycles. The molecular formula is C22H30FIN4. The molecule has 2 N–H and O–H groups in total. The quantitative estimate of drug-likeness (QED) is 0.345. The van der Waals surface area contributed by atoms with Gasteiger partial charge in [-0.2, -0.15) is 0 Å². The summed E-state index contributed by atoms with van der Waals surface area (Å²) in [5.41, 5.74) is 2.02. The fourth-order valence-corrected chi connectivity index (χ4v) is 3.43. The topological polar surface area (TPSA) is 39.7 Å². The second-order valence-electron chi connectivity index (χ2n) is 6.92. The van der Waals surface area contributed by atoms with E-state index in [1.165, 1.54) is 11.8 Å². The molecule has 6 heteroatoms. The Kier molecular flexibility index (Phi) is 9.54. The minimum atomic E-state index is -0.145. The number of guanidine groups is 1. The molecule has 1 aliphatic rings. The van der Waals surface area contributed by atoms with Crippen molar-refractivity contribution >= 4 is 35.6 Å². The summed E-state index contributed by atoms with van der Waals surface area (Å²) in [5, 5.41) is 6.60. The molecule has 1 fully saturated rings. The van der Waals surface area contributed by atoms with E-state index >= 15 is 0 Å². The van der Waals surface area contributed by atoms with Crippen molar-refractivity contribution in [3.63, 3.8) is 0 Å². The Morgan fingerprint density at radius 2 is 1.86 bits per heavy atom. The van der Waals surface area contributed by atoms with Crippen molar-refractivity contribution in [2.45, 2.75) is 19.8 Å². The second kappa shape index (κ2) is 11.9. The number of hydrogen-bond donors (Lipinski definition) is 2. The molecule has 1 atom stereocenters. The van der Waals surface area contributed by atoms with Crippen molar-refractivity contribution in [3.8, 4) is 0 Å². The Morgan fingerprint density at radius 3 is 2.61 bits per heavy atom. The lowest BCUT2D eigenvalue weighted by molar-refractivity contribution is 0.596. The minimum Gasteiger partial charge on any atom is -0.371 e. The van der Waals surface area contributed by atoms with Gasteiger partial charge in [0.2, 0.25) is 0 Å². The molecule has 0 amide bonds. The molecule has 28 heavy (non-hydrogen) atoms. The first kappa shape index (κ1) is 22.5. The highest BCUT2D eigenvalue weighted by molar-refractivity contribution is 14.0. The van der Waals surface area contributed by atoms with Gasteiger partial charge in [-0.05, 0) is 49.4 Å². The number of nitrogens with one attached hydrogen (secondary N) is 2. The molecule has 0 spiro atoms. The molecule has 0 radical (unpaired) electrons. The summed E-state index contributed by atoms with van der Waals surface area (Å²) >= 11 is 0. The van der Waals surface area contributed by atoms with Crippen molar-refractivity contribution in [3.05, 3.63) is 66.0 Å². The zero-order valence-electron chi connectivity index (χ0n) is 16.4. The SMILES string of the molecule is CCNC(=NCC1CCN(c2ccccc2)C1)NCCc1ccccc1F.I. The lowest BCUT2D eigenvalue weighted by Crippen LogP contribution is -2.38. The van der Waals surface area contributed by atoms with Gasteiger partial charge in [0.15, 0.2) is 5.96 Å². The zero-order chi connectivity index (χ0) is 18.9. The number of rotatable bonds is 7. The van der Waals surface area contributed by atoms with E-state index in [1.807, 2.05) is 12.1 Å². The van der Waals surface area contributed by atoms with Gasteiger partial charge in [-0.3, -0.25) is 4.99 Å². The van der Waals surface area contributed by atoms with E-state index < -0.39 is 0 Å². The molecule has 1 heterocycles. The van der Waals surface area contributed by atoms with Crippen LogP contribution in [0.5, 0.6) is 0 Å². The summed E-state index contributed by atoms with van der Waals surface area (Å²) in [4.78, 5) is 7.18. The molecule has 152 valence electrons. The lowest BCUT2D eigenvalue weighted by atomic mass is 10.1. The third-order valence-corrected chi connectivity index (χ3v) is 4.90. The van der Waals surface area contributed by atoms with E-state index in [0.717, 1.165) is 44.1 Å². The normalized spacial score (nSPS) is 16.6. The van der Waals surface area contributed by atoms with Crippen LogP contribution >= 0.6 is 24.0 Å². The number of para-hydroxylation sites is 1. The third kappa shape index (κ3) is 6.65. The first-order chi connectivity index (χ1) is 13.3. The Labute approximate surface area is 184 Å². The van der Waals surface area contributed by atoms with Crippen molar-refractivity contribution < 1.29 is 4.39 Å². The average molecular weight is 496 g/mol. The van der Waals surface area contributed by atoms with Crippen LogP contribution in [-0.2, 0) is 6.42 Å². The average Bonchev–Trinajstić information content (AvgIpc) is 3.17. The van der Waals surface area contributed by atoms with E-state index in [4.69, 9.17) is 4.99 Å². The molecule has 1 unspecified atom stereocenters. The van der Waals surface area contributed by atoms with Crippen LogP contribution in [0.25, 0.3) is 0 Å². The highest BCUT2D eigenvalue weighted by Gasteiger charge is 2.22. The summed E-state index contributed by atoms with van der Waals surface area (Å²) in [6, 6.07) is 17.5. The van der Waals surface area contributed by atoms with Gasteiger partial charge < -0.3 is 15.5 Å². The van der Waals surface area contributed by atoms with Crippen LogP contribution in [0.15, 0.2) is 59.6 Å². The maximum Gasteiger partial charge on any atom is 0.191 e. The van der Waals surface area contributed by atoms with Gasteiger partial charge >= 0.3 is 0 Å². The first-order valence-corrected chi connectivity index (χ1v) is 9.82. The molecule has 0 bridgehead atoms. The van der Waals surface area contributed by atoms with Gasteiger partial charge in [0.1, 0.15) is 5.82 Å². The van der Waals surface area contributed by atoms with Crippen LogP contribution in [0.3, 0.4) is 0 Å². The number of hydrogen-bond acceptors (Lipinski definition) is 2. The third-order valence-electron chi connectivity index (χ3n) is 4.90. The molecule has 1 saturated heterocycles. The number of halogens is 2. The van der Waals surface area contributed by atoms with Gasteiger partial charge in [0.25, 0.3) is 0 Å². The van der Waals surface area contributed by atoms with Crippen molar-refractivity contribution in [1.29, 1.82) is 0 Å². The number of benzene rings is 2. The standard InChI is InChI=1S/C22H29FN4.HI/c1-2-24-22(25-14-12-19-8-6-7-11-21(19)23)26-16-18-13-15-27(17-18)20-9-4-3-5-10-20;/h3-11,18H,2,12-17H2,1H3,(H2,24,25,26);1H. The Hall–Kier alpha value is -1.83. The summed E-state index contributed by atoms with van der Waals surface area (Å²) in [7, 11) is 0. The molecule has 2 aromatic rings. The van der Waals surface area contributed by atoms with Crippen LogP contribution < -0.4 is 15.5 Å². The van der Waals surface area contributed by atoms with E-state index in [-0.39, 0.29) is 29.8 Å². The summed E-state index contributed by atoms with van der Waals surface area (Å²) in [6.45, 7) is 6.46. The highest BCUT2D eigenvalue weighted by Crippen LogP contribution is 2.23. The second-order valence-corrected chi connectivity index (χ2v) is 6.92. The van der Waals surface area contributed by atoms with E-state index in [0.29, 0.717) is 18.9 Å². The molecule has 0 aliphatic carbocycles. The maximum absolute atomic E-state index is 13.7. The van der Waals surface area contributed by atoms with Crippen LogP contribution in [0.2, 0.25) is 0 Å². The predicted molar refractivity (Wildman–Crippen MR) is 126 cm³/mol.